The largest absolute Gasteiger partial charge is 0.497 e. The van der Waals surface area contributed by atoms with E-state index in [1.54, 1.807) is 44.2 Å². The molecule has 4 nitrogen and oxygen atoms in total. The summed E-state index contributed by atoms with van der Waals surface area (Å²) in [5.74, 6) is 2.28. The van der Waals surface area contributed by atoms with Crippen molar-refractivity contribution in [2.75, 3.05) is 25.3 Å². The van der Waals surface area contributed by atoms with Crippen molar-refractivity contribution >= 4 is 35.0 Å². The molecule has 0 bridgehead atoms. The van der Waals surface area contributed by atoms with Crippen LogP contribution >= 0.6 is 23.4 Å². The molecule has 0 spiro atoms. The lowest BCUT2D eigenvalue weighted by Crippen LogP contribution is -2.14. The molecule has 2 aromatic carbocycles. The lowest BCUT2D eigenvalue weighted by Gasteiger charge is -2.11. The number of methoxy groups -OCH3 is 2. The molecule has 0 aliphatic heterocycles. The summed E-state index contributed by atoms with van der Waals surface area (Å²) in [4.78, 5) is 12.0. The lowest BCUT2D eigenvalue weighted by molar-refractivity contribution is -0.113. The highest BCUT2D eigenvalue weighted by atomic mass is 35.5. The van der Waals surface area contributed by atoms with Crippen LogP contribution in [0, 0.1) is 0 Å². The summed E-state index contributed by atoms with van der Waals surface area (Å²) in [6.07, 6.45) is 0. The minimum atomic E-state index is -0.0765. The fourth-order valence-electron chi connectivity index (χ4n) is 1.93. The number of rotatable bonds is 7. The molecular formula is C17H18ClNO3S. The summed E-state index contributed by atoms with van der Waals surface area (Å²) in [5.41, 5.74) is 1.76. The van der Waals surface area contributed by atoms with Crippen molar-refractivity contribution in [1.29, 1.82) is 0 Å². The van der Waals surface area contributed by atoms with Gasteiger partial charge in [0.25, 0.3) is 0 Å². The monoisotopic (exact) mass is 351 g/mol. The summed E-state index contributed by atoms with van der Waals surface area (Å²) in [7, 11) is 3.14. The molecule has 0 aliphatic rings. The predicted molar refractivity (Wildman–Crippen MR) is 95.8 cm³/mol. The highest BCUT2D eigenvalue weighted by molar-refractivity contribution is 7.99. The summed E-state index contributed by atoms with van der Waals surface area (Å²) in [5, 5.41) is 3.56. The van der Waals surface area contributed by atoms with Crippen LogP contribution < -0.4 is 14.8 Å². The van der Waals surface area contributed by atoms with Crippen LogP contribution in [0.2, 0.25) is 5.02 Å². The maximum absolute atomic E-state index is 12.0. The molecule has 0 radical (unpaired) electrons. The first-order chi connectivity index (χ1) is 11.1. The Morgan fingerprint density at radius 1 is 1.13 bits per heavy atom. The first kappa shape index (κ1) is 17.5. The number of halogens is 1. The Morgan fingerprint density at radius 2 is 1.87 bits per heavy atom. The molecule has 122 valence electrons. The van der Waals surface area contributed by atoms with Crippen molar-refractivity contribution in [3.05, 3.63) is 53.1 Å². The van der Waals surface area contributed by atoms with Gasteiger partial charge < -0.3 is 14.8 Å². The Kier molecular flexibility index (Phi) is 6.62. The molecule has 0 aromatic heterocycles. The molecular weight excluding hydrogens is 334 g/mol. The van der Waals surface area contributed by atoms with Crippen LogP contribution in [-0.4, -0.2) is 25.9 Å². The van der Waals surface area contributed by atoms with Crippen molar-refractivity contribution in [2.45, 2.75) is 5.75 Å². The summed E-state index contributed by atoms with van der Waals surface area (Å²) < 4.78 is 10.4. The smallest absolute Gasteiger partial charge is 0.234 e. The third kappa shape index (κ3) is 5.37. The van der Waals surface area contributed by atoms with Crippen LogP contribution in [0.5, 0.6) is 11.5 Å². The summed E-state index contributed by atoms with van der Waals surface area (Å²) in [6.45, 7) is 0. The number of carbonyl (C=O) groups excluding carboxylic acids is 1. The SMILES string of the molecule is COc1ccc(NC(=O)CSCc2ccc(Cl)cc2)c(OC)c1. The molecule has 1 N–H and O–H groups in total. The van der Waals surface area contributed by atoms with Gasteiger partial charge in [-0.3, -0.25) is 4.79 Å². The van der Waals surface area contributed by atoms with Crippen LogP contribution in [0.1, 0.15) is 5.56 Å². The molecule has 0 atom stereocenters. The second-order valence-corrected chi connectivity index (χ2v) is 6.16. The van der Waals surface area contributed by atoms with Crippen molar-refractivity contribution in [1.82, 2.24) is 0 Å². The average molecular weight is 352 g/mol. The van der Waals surface area contributed by atoms with E-state index >= 15 is 0 Å². The van der Waals surface area contributed by atoms with E-state index in [0.717, 1.165) is 11.3 Å². The second kappa shape index (κ2) is 8.70. The average Bonchev–Trinajstić information content (AvgIpc) is 2.57. The highest BCUT2D eigenvalue weighted by Crippen LogP contribution is 2.29. The maximum atomic E-state index is 12.0. The summed E-state index contributed by atoms with van der Waals surface area (Å²) in [6, 6.07) is 12.9. The Hall–Kier alpha value is -1.85. The highest BCUT2D eigenvalue weighted by Gasteiger charge is 2.09. The molecule has 1 amide bonds. The molecule has 0 unspecified atom stereocenters. The number of thioether (sulfide) groups is 1. The van der Waals surface area contributed by atoms with Gasteiger partial charge in [0.2, 0.25) is 5.91 Å². The van der Waals surface area contributed by atoms with E-state index in [4.69, 9.17) is 21.1 Å². The minimum Gasteiger partial charge on any atom is -0.497 e. The molecule has 0 aliphatic carbocycles. The molecule has 2 aromatic rings. The van der Waals surface area contributed by atoms with Gasteiger partial charge in [-0.1, -0.05) is 23.7 Å². The van der Waals surface area contributed by atoms with E-state index in [1.165, 1.54) is 0 Å². The third-order valence-electron chi connectivity index (χ3n) is 3.10. The quantitative estimate of drug-likeness (QED) is 0.811. The number of benzene rings is 2. The van der Waals surface area contributed by atoms with Gasteiger partial charge in [0.05, 0.1) is 25.7 Å². The van der Waals surface area contributed by atoms with Crippen molar-refractivity contribution in [2.24, 2.45) is 0 Å². The van der Waals surface area contributed by atoms with E-state index < -0.39 is 0 Å². The van der Waals surface area contributed by atoms with Gasteiger partial charge >= 0.3 is 0 Å². The molecule has 0 saturated carbocycles. The normalized spacial score (nSPS) is 10.2. The van der Waals surface area contributed by atoms with Crippen molar-refractivity contribution in [3.63, 3.8) is 0 Å². The van der Waals surface area contributed by atoms with E-state index in [0.29, 0.717) is 28.0 Å². The Balaban J connectivity index is 1.86. The topological polar surface area (TPSA) is 47.6 Å². The van der Waals surface area contributed by atoms with Gasteiger partial charge in [-0.15, -0.1) is 11.8 Å². The van der Waals surface area contributed by atoms with Crippen LogP contribution in [0.25, 0.3) is 0 Å². The molecule has 0 saturated heterocycles. The molecule has 23 heavy (non-hydrogen) atoms. The number of hydrogen-bond donors (Lipinski definition) is 1. The molecule has 0 fully saturated rings. The van der Waals surface area contributed by atoms with Crippen LogP contribution in [0.3, 0.4) is 0 Å². The lowest BCUT2D eigenvalue weighted by atomic mass is 10.2. The molecule has 0 heterocycles. The Bertz CT molecular complexity index is 661. The van der Waals surface area contributed by atoms with E-state index in [1.807, 2.05) is 24.3 Å². The number of anilines is 1. The minimum absolute atomic E-state index is 0.0765. The van der Waals surface area contributed by atoms with Gasteiger partial charge in [0.15, 0.2) is 0 Å². The van der Waals surface area contributed by atoms with Crippen LogP contribution in [0.4, 0.5) is 5.69 Å². The fraction of sp³-hybridized carbons (Fsp3) is 0.235. The van der Waals surface area contributed by atoms with Gasteiger partial charge in [-0.05, 0) is 29.8 Å². The van der Waals surface area contributed by atoms with E-state index in [2.05, 4.69) is 5.32 Å². The number of hydrogen-bond acceptors (Lipinski definition) is 4. The maximum Gasteiger partial charge on any atom is 0.234 e. The van der Waals surface area contributed by atoms with Crippen molar-refractivity contribution in [3.8, 4) is 11.5 Å². The Morgan fingerprint density at radius 3 is 2.52 bits per heavy atom. The number of ether oxygens (including phenoxy) is 2. The summed E-state index contributed by atoms with van der Waals surface area (Å²) >= 11 is 7.38. The zero-order valence-corrected chi connectivity index (χ0v) is 14.5. The number of amides is 1. The fourth-order valence-corrected chi connectivity index (χ4v) is 2.84. The first-order valence-corrected chi connectivity index (χ1v) is 8.49. The zero-order chi connectivity index (χ0) is 16.7. The molecule has 2 rings (SSSR count). The van der Waals surface area contributed by atoms with Gasteiger partial charge in [-0.25, -0.2) is 0 Å². The second-order valence-electron chi connectivity index (χ2n) is 4.73. The van der Waals surface area contributed by atoms with Gasteiger partial charge in [0, 0.05) is 16.8 Å². The van der Waals surface area contributed by atoms with E-state index in [9.17, 15) is 4.79 Å². The third-order valence-corrected chi connectivity index (χ3v) is 4.35. The van der Waals surface area contributed by atoms with Crippen LogP contribution in [0.15, 0.2) is 42.5 Å². The molecule has 6 heteroatoms. The first-order valence-electron chi connectivity index (χ1n) is 6.96. The zero-order valence-electron chi connectivity index (χ0n) is 13.0. The standard InChI is InChI=1S/C17H18ClNO3S/c1-21-14-7-8-15(16(9-14)22-2)19-17(20)11-23-10-12-3-5-13(18)6-4-12/h3-9H,10-11H2,1-2H3,(H,19,20). The predicted octanol–water partition coefficient (Wildman–Crippen LogP) is 4.23. The number of carbonyl (C=O) groups is 1. The van der Waals surface area contributed by atoms with Crippen LogP contribution in [-0.2, 0) is 10.5 Å². The van der Waals surface area contributed by atoms with Gasteiger partial charge in [-0.2, -0.15) is 0 Å². The van der Waals surface area contributed by atoms with Crippen molar-refractivity contribution < 1.29 is 14.3 Å². The van der Waals surface area contributed by atoms with Gasteiger partial charge in [0.1, 0.15) is 11.5 Å². The van der Waals surface area contributed by atoms with E-state index in [-0.39, 0.29) is 5.91 Å². The number of nitrogens with one attached hydrogen (secondary N) is 1. The Labute approximate surface area is 145 Å².